The van der Waals surface area contributed by atoms with E-state index in [9.17, 15) is 9.59 Å². The van der Waals surface area contributed by atoms with Crippen LogP contribution in [0.2, 0.25) is 0 Å². The van der Waals surface area contributed by atoms with Gasteiger partial charge in [-0.3, -0.25) is 9.59 Å². The van der Waals surface area contributed by atoms with E-state index in [1.165, 1.54) is 65.4 Å². The van der Waals surface area contributed by atoms with Crippen LogP contribution in [0.1, 0.15) is 110 Å². The van der Waals surface area contributed by atoms with Gasteiger partial charge in [0.15, 0.2) is 0 Å². The number of esters is 2. The second kappa shape index (κ2) is 17.8. The van der Waals surface area contributed by atoms with E-state index in [-0.39, 0.29) is 18.0 Å². The summed E-state index contributed by atoms with van der Waals surface area (Å²) in [6, 6.07) is 0. The molecule has 0 amide bonds. The Labute approximate surface area is 155 Å². The molecule has 0 N–H and O–H groups in total. The lowest BCUT2D eigenvalue weighted by Crippen LogP contribution is -2.16. The molecule has 148 valence electrons. The lowest BCUT2D eigenvalue weighted by atomic mass is 10.0. The monoisotopic (exact) mass is 356 g/mol. The van der Waals surface area contributed by atoms with Crippen molar-refractivity contribution in [2.24, 2.45) is 0 Å². The Hall–Kier alpha value is -1.06. The minimum atomic E-state index is -0.185. The van der Waals surface area contributed by atoms with Crippen LogP contribution < -0.4 is 0 Å². The summed E-state index contributed by atoms with van der Waals surface area (Å²) in [6.07, 6.45) is 17.0. The van der Waals surface area contributed by atoms with Gasteiger partial charge in [0, 0.05) is 13.3 Å². The number of carbonyl (C=O) groups excluding carboxylic acids is 2. The summed E-state index contributed by atoms with van der Waals surface area (Å²) in [5.41, 5.74) is 0. The third kappa shape index (κ3) is 17.6. The molecule has 0 aliphatic rings. The van der Waals surface area contributed by atoms with Crippen LogP contribution in [0.4, 0.5) is 0 Å². The van der Waals surface area contributed by atoms with E-state index < -0.39 is 0 Å². The predicted molar refractivity (Wildman–Crippen MR) is 102 cm³/mol. The molecule has 0 bridgehead atoms. The molecule has 0 saturated heterocycles. The molecule has 0 fully saturated rings. The molecule has 0 spiro atoms. The SMILES string of the molecule is CCCCCCCCCCCC(CCCCCC(=O)OC)OC(C)=O. The molecule has 0 radical (unpaired) electrons. The van der Waals surface area contributed by atoms with Gasteiger partial charge in [0.2, 0.25) is 0 Å². The summed E-state index contributed by atoms with van der Waals surface area (Å²) in [5, 5.41) is 0. The van der Waals surface area contributed by atoms with Gasteiger partial charge in [-0.15, -0.1) is 0 Å². The van der Waals surface area contributed by atoms with E-state index in [2.05, 4.69) is 11.7 Å². The number of hydrogen-bond acceptors (Lipinski definition) is 4. The topological polar surface area (TPSA) is 52.6 Å². The van der Waals surface area contributed by atoms with Gasteiger partial charge >= 0.3 is 11.9 Å². The summed E-state index contributed by atoms with van der Waals surface area (Å²) < 4.78 is 10.1. The third-order valence-corrected chi connectivity index (χ3v) is 4.60. The summed E-state index contributed by atoms with van der Waals surface area (Å²) in [5.74, 6) is -0.332. The zero-order valence-corrected chi connectivity index (χ0v) is 16.8. The van der Waals surface area contributed by atoms with Gasteiger partial charge in [-0.25, -0.2) is 0 Å². The maximum atomic E-state index is 11.2. The Morgan fingerprint density at radius 3 is 1.72 bits per heavy atom. The van der Waals surface area contributed by atoms with E-state index in [1.807, 2.05) is 0 Å². The van der Waals surface area contributed by atoms with Crippen molar-refractivity contribution >= 4 is 11.9 Å². The molecule has 0 saturated carbocycles. The van der Waals surface area contributed by atoms with E-state index in [0.29, 0.717) is 6.42 Å². The Morgan fingerprint density at radius 2 is 1.24 bits per heavy atom. The maximum Gasteiger partial charge on any atom is 0.305 e. The molecule has 0 heterocycles. The van der Waals surface area contributed by atoms with Crippen LogP contribution in [0, 0.1) is 0 Å². The quantitative estimate of drug-likeness (QED) is 0.238. The highest BCUT2D eigenvalue weighted by atomic mass is 16.5. The molecule has 0 aliphatic carbocycles. The second-order valence-electron chi connectivity index (χ2n) is 7.02. The number of hydrogen-bond donors (Lipinski definition) is 0. The zero-order chi connectivity index (χ0) is 18.8. The molecule has 0 aromatic carbocycles. The lowest BCUT2D eigenvalue weighted by molar-refractivity contribution is -0.147. The number of unbranched alkanes of at least 4 members (excludes halogenated alkanes) is 10. The van der Waals surface area contributed by atoms with E-state index in [0.717, 1.165) is 38.5 Å². The molecule has 25 heavy (non-hydrogen) atoms. The Balaban J connectivity index is 3.67. The van der Waals surface area contributed by atoms with Gasteiger partial charge in [0.05, 0.1) is 7.11 Å². The smallest absolute Gasteiger partial charge is 0.305 e. The highest BCUT2D eigenvalue weighted by Gasteiger charge is 2.11. The van der Waals surface area contributed by atoms with Gasteiger partial charge in [0.1, 0.15) is 6.10 Å². The molecule has 0 rings (SSSR count). The van der Waals surface area contributed by atoms with Crippen molar-refractivity contribution in [3.8, 4) is 0 Å². The molecular formula is C21H40O4. The van der Waals surface area contributed by atoms with Crippen molar-refractivity contribution < 1.29 is 19.1 Å². The summed E-state index contributed by atoms with van der Waals surface area (Å²) in [4.78, 5) is 22.3. The van der Waals surface area contributed by atoms with Crippen molar-refractivity contribution in [2.75, 3.05) is 7.11 Å². The van der Waals surface area contributed by atoms with Crippen LogP contribution in [0.5, 0.6) is 0 Å². The fraction of sp³-hybridized carbons (Fsp3) is 0.905. The van der Waals surface area contributed by atoms with Gasteiger partial charge in [-0.2, -0.15) is 0 Å². The highest BCUT2D eigenvalue weighted by Crippen LogP contribution is 2.17. The summed E-state index contributed by atoms with van der Waals surface area (Å²) in [6.45, 7) is 3.74. The standard InChI is InChI=1S/C21H40O4/c1-4-5-6-7-8-9-10-11-13-16-20(25-19(2)22)17-14-12-15-18-21(23)24-3/h20H,4-18H2,1-3H3. The van der Waals surface area contributed by atoms with Crippen LogP contribution in [0.3, 0.4) is 0 Å². The van der Waals surface area contributed by atoms with Crippen LogP contribution in [0.25, 0.3) is 0 Å². The van der Waals surface area contributed by atoms with E-state index >= 15 is 0 Å². The fourth-order valence-electron chi connectivity index (χ4n) is 3.10. The van der Waals surface area contributed by atoms with E-state index in [1.54, 1.807) is 0 Å². The first-order valence-corrected chi connectivity index (χ1v) is 10.3. The first kappa shape index (κ1) is 23.9. The van der Waals surface area contributed by atoms with Crippen LogP contribution in [-0.4, -0.2) is 25.2 Å². The van der Waals surface area contributed by atoms with Crippen molar-refractivity contribution in [1.82, 2.24) is 0 Å². The molecular weight excluding hydrogens is 316 g/mol. The van der Waals surface area contributed by atoms with Gasteiger partial charge in [0.25, 0.3) is 0 Å². The summed E-state index contributed by atoms with van der Waals surface area (Å²) in [7, 11) is 1.42. The molecule has 0 aromatic rings. The number of carbonyl (C=O) groups is 2. The number of rotatable bonds is 17. The second-order valence-corrected chi connectivity index (χ2v) is 7.02. The van der Waals surface area contributed by atoms with Crippen LogP contribution in [-0.2, 0) is 19.1 Å². The van der Waals surface area contributed by atoms with Gasteiger partial charge < -0.3 is 9.47 Å². The zero-order valence-electron chi connectivity index (χ0n) is 16.8. The molecule has 4 heteroatoms. The van der Waals surface area contributed by atoms with Crippen molar-refractivity contribution in [3.05, 3.63) is 0 Å². The molecule has 4 nitrogen and oxygen atoms in total. The van der Waals surface area contributed by atoms with Gasteiger partial charge in [-0.05, 0) is 32.1 Å². The average Bonchev–Trinajstić information content (AvgIpc) is 2.58. The largest absolute Gasteiger partial charge is 0.469 e. The van der Waals surface area contributed by atoms with Crippen molar-refractivity contribution in [2.45, 2.75) is 116 Å². The third-order valence-electron chi connectivity index (χ3n) is 4.60. The van der Waals surface area contributed by atoms with Crippen LogP contribution >= 0.6 is 0 Å². The molecule has 1 atom stereocenters. The fourth-order valence-corrected chi connectivity index (χ4v) is 3.10. The lowest BCUT2D eigenvalue weighted by Gasteiger charge is -2.17. The van der Waals surface area contributed by atoms with Crippen molar-refractivity contribution in [1.29, 1.82) is 0 Å². The Morgan fingerprint density at radius 1 is 0.760 bits per heavy atom. The molecule has 0 aliphatic heterocycles. The minimum absolute atomic E-state index is 0.0418. The average molecular weight is 357 g/mol. The van der Waals surface area contributed by atoms with Crippen molar-refractivity contribution in [3.63, 3.8) is 0 Å². The predicted octanol–water partition coefficient (Wildman–Crippen LogP) is 5.96. The van der Waals surface area contributed by atoms with E-state index in [4.69, 9.17) is 4.74 Å². The Bertz CT molecular complexity index is 328. The van der Waals surface area contributed by atoms with Gasteiger partial charge in [-0.1, -0.05) is 64.7 Å². The normalized spacial score (nSPS) is 12.0. The molecule has 1 unspecified atom stereocenters. The first-order valence-electron chi connectivity index (χ1n) is 10.3. The highest BCUT2D eigenvalue weighted by molar-refractivity contribution is 5.69. The Kier molecular flexibility index (Phi) is 17.0. The first-order chi connectivity index (χ1) is 12.1. The maximum absolute atomic E-state index is 11.2. The minimum Gasteiger partial charge on any atom is -0.469 e. The van der Waals surface area contributed by atoms with Crippen LogP contribution in [0.15, 0.2) is 0 Å². The summed E-state index contributed by atoms with van der Waals surface area (Å²) >= 11 is 0. The molecule has 0 aromatic heterocycles. The number of ether oxygens (including phenoxy) is 2. The number of methoxy groups -OCH3 is 1.